The predicted molar refractivity (Wildman–Crippen MR) is 122 cm³/mol. The number of nitrogens with two attached hydrogens (primary N) is 2. The van der Waals surface area contributed by atoms with Crippen LogP contribution in [0.15, 0.2) is 42.5 Å². The number of rotatable bonds is 5. The number of halogens is 2. The van der Waals surface area contributed by atoms with E-state index in [0.29, 0.717) is 18.3 Å². The molecule has 0 spiro atoms. The van der Waals surface area contributed by atoms with Crippen molar-refractivity contribution in [1.82, 2.24) is 4.98 Å². The molecule has 0 bridgehead atoms. The van der Waals surface area contributed by atoms with Crippen LogP contribution in [0.3, 0.4) is 0 Å². The summed E-state index contributed by atoms with van der Waals surface area (Å²) in [5, 5.41) is 1.13. The monoisotopic (exact) mass is 419 g/mol. The Kier molecular flexibility index (Phi) is 7.53. The Labute approximate surface area is 178 Å². The third-order valence-electron chi connectivity index (χ3n) is 5.35. The highest BCUT2D eigenvalue weighted by Crippen LogP contribution is 2.31. The number of nitrogens with zero attached hydrogens (tertiary/aromatic N) is 1. The number of pyridine rings is 1. The number of hydrogen-bond acceptors (Lipinski definition) is 4. The van der Waals surface area contributed by atoms with Crippen LogP contribution >= 0.6 is 24.8 Å². The topological polar surface area (TPSA) is 74.2 Å². The molecule has 0 saturated heterocycles. The van der Waals surface area contributed by atoms with Crippen LogP contribution in [0.5, 0.6) is 5.75 Å². The second-order valence-corrected chi connectivity index (χ2v) is 7.23. The van der Waals surface area contributed by atoms with E-state index in [1.54, 1.807) is 0 Å². The van der Waals surface area contributed by atoms with Gasteiger partial charge in [-0.15, -0.1) is 24.8 Å². The molecule has 2 aromatic carbocycles. The van der Waals surface area contributed by atoms with Crippen LogP contribution < -0.4 is 16.2 Å². The van der Waals surface area contributed by atoms with Crippen molar-refractivity contribution in [3.05, 3.63) is 53.6 Å². The van der Waals surface area contributed by atoms with Crippen LogP contribution in [0.4, 0.5) is 5.82 Å². The van der Waals surface area contributed by atoms with Crippen LogP contribution in [0.2, 0.25) is 0 Å². The van der Waals surface area contributed by atoms with E-state index in [1.807, 2.05) is 12.1 Å². The molecule has 1 saturated carbocycles. The lowest BCUT2D eigenvalue weighted by atomic mass is 9.86. The summed E-state index contributed by atoms with van der Waals surface area (Å²) < 4.78 is 6.02. The number of nitrogen functional groups attached to an aromatic ring is 1. The predicted octanol–water partition coefficient (Wildman–Crippen LogP) is 5.27. The first-order valence-corrected chi connectivity index (χ1v) is 9.27. The van der Waals surface area contributed by atoms with Gasteiger partial charge in [0.05, 0.1) is 12.1 Å². The third kappa shape index (κ3) is 4.52. The van der Waals surface area contributed by atoms with Crippen LogP contribution in [0.1, 0.15) is 30.4 Å². The molecule has 4 N–H and O–H groups in total. The van der Waals surface area contributed by atoms with Gasteiger partial charge in [0.2, 0.25) is 0 Å². The maximum Gasteiger partial charge on any atom is 0.124 e. The van der Waals surface area contributed by atoms with Crippen LogP contribution in [0.25, 0.3) is 22.0 Å². The molecule has 0 atom stereocenters. The fourth-order valence-corrected chi connectivity index (χ4v) is 3.53. The van der Waals surface area contributed by atoms with E-state index in [0.717, 1.165) is 45.5 Å². The Morgan fingerprint density at radius 2 is 1.75 bits per heavy atom. The number of fused-ring (bicyclic) bond motifs is 1. The van der Waals surface area contributed by atoms with Gasteiger partial charge in [0.25, 0.3) is 0 Å². The van der Waals surface area contributed by atoms with Crippen molar-refractivity contribution in [2.24, 2.45) is 11.7 Å². The Balaban J connectivity index is 0.00000140. The first-order chi connectivity index (χ1) is 12.6. The van der Waals surface area contributed by atoms with Gasteiger partial charge in [-0.25, -0.2) is 4.98 Å². The molecule has 1 heterocycles. The minimum absolute atomic E-state index is 0. The molecule has 0 amide bonds. The number of aromatic nitrogens is 1. The molecule has 0 aliphatic heterocycles. The summed E-state index contributed by atoms with van der Waals surface area (Å²) in [7, 11) is 0. The van der Waals surface area contributed by atoms with Gasteiger partial charge in [-0.05, 0) is 66.6 Å². The van der Waals surface area contributed by atoms with Gasteiger partial charge in [0.15, 0.2) is 0 Å². The zero-order valence-corrected chi connectivity index (χ0v) is 17.6. The van der Waals surface area contributed by atoms with Gasteiger partial charge in [0, 0.05) is 17.5 Å². The van der Waals surface area contributed by atoms with E-state index >= 15 is 0 Å². The molecule has 1 fully saturated rings. The fraction of sp³-hybridized carbons (Fsp3) is 0.318. The van der Waals surface area contributed by atoms with E-state index in [1.165, 1.54) is 19.3 Å². The maximum atomic E-state index is 6.02. The molecule has 6 heteroatoms. The quantitative estimate of drug-likeness (QED) is 0.590. The SMILES string of the molecule is Cc1cc(N)nc2cc(-c3ccc(OCC4CCC4)c(CN)c3)ccc12.Cl.Cl. The van der Waals surface area contributed by atoms with Gasteiger partial charge in [-0.3, -0.25) is 0 Å². The summed E-state index contributed by atoms with van der Waals surface area (Å²) in [6, 6.07) is 14.5. The Morgan fingerprint density at radius 3 is 2.43 bits per heavy atom. The summed E-state index contributed by atoms with van der Waals surface area (Å²) in [6.45, 7) is 3.32. The molecule has 0 unspecified atom stereocenters. The van der Waals surface area contributed by atoms with Crippen molar-refractivity contribution < 1.29 is 4.74 Å². The zero-order chi connectivity index (χ0) is 18.1. The molecule has 1 aliphatic carbocycles. The largest absolute Gasteiger partial charge is 0.493 e. The molecule has 3 aromatic rings. The standard InChI is InChI=1S/C22H25N3O.2ClH/c1-14-9-22(24)25-20-11-17(5-7-19(14)20)16-6-8-21(18(10-16)12-23)26-13-15-3-2-4-15;;/h5-11,15H,2-4,12-13,23H2,1H3,(H2,24,25);2*1H. The normalized spacial score (nSPS) is 13.4. The molecular weight excluding hydrogens is 393 g/mol. The first kappa shape index (κ1) is 22.3. The number of anilines is 1. The number of aryl methyl sites for hydroxylation is 1. The molecular formula is C22H27Cl2N3O. The summed E-state index contributed by atoms with van der Waals surface area (Å²) in [5.41, 5.74) is 17.2. The van der Waals surface area contributed by atoms with Crippen molar-refractivity contribution in [3.8, 4) is 16.9 Å². The van der Waals surface area contributed by atoms with Crippen LogP contribution in [-0.2, 0) is 6.54 Å². The van der Waals surface area contributed by atoms with E-state index in [2.05, 4.69) is 42.2 Å². The summed E-state index contributed by atoms with van der Waals surface area (Å²) in [5.74, 6) is 2.16. The van der Waals surface area contributed by atoms with Crippen LogP contribution in [0, 0.1) is 12.8 Å². The molecule has 4 rings (SSSR count). The second kappa shape index (κ2) is 9.46. The lowest BCUT2D eigenvalue weighted by Crippen LogP contribution is -2.19. The number of ether oxygens (including phenoxy) is 1. The van der Waals surface area contributed by atoms with Gasteiger partial charge in [0.1, 0.15) is 11.6 Å². The highest BCUT2D eigenvalue weighted by molar-refractivity contribution is 5.88. The highest BCUT2D eigenvalue weighted by atomic mass is 35.5. The molecule has 4 nitrogen and oxygen atoms in total. The zero-order valence-electron chi connectivity index (χ0n) is 16.0. The molecule has 150 valence electrons. The van der Waals surface area contributed by atoms with Crippen LogP contribution in [-0.4, -0.2) is 11.6 Å². The van der Waals surface area contributed by atoms with E-state index < -0.39 is 0 Å². The average Bonchev–Trinajstić information content (AvgIpc) is 2.60. The smallest absolute Gasteiger partial charge is 0.124 e. The minimum Gasteiger partial charge on any atom is -0.493 e. The van der Waals surface area contributed by atoms with Gasteiger partial charge < -0.3 is 16.2 Å². The number of hydrogen-bond donors (Lipinski definition) is 2. The van der Waals surface area contributed by atoms with E-state index in [9.17, 15) is 0 Å². The van der Waals surface area contributed by atoms with Gasteiger partial charge >= 0.3 is 0 Å². The van der Waals surface area contributed by atoms with Crippen molar-refractivity contribution >= 4 is 41.5 Å². The maximum absolute atomic E-state index is 6.02. The Bertz CT molecular complexity index is 958. The summed E-state index contributed by atoms with van der Waals surface area (Å²) >= 11 is 0. The first-order valence-electron chi connectivity index (χ1n) is 9.27. The van der Waals surface area contributed by atoms with Crippen molar-refractivity contribution in [2.45, 2.75) is 32.7 Å². The summed E-state index contributed by atoms with van der Waals surface area (Å²) in [4.78, 5) is 4.48. The average molecular weight is 420 g/mol. The Morgan fingerprint density at radius 1 is 1.04 bits per heavy atom. The van der Waals surface area contributed by atoms with Crippen molar-refractivity contribution in [1.29, 1.82) is 0 Å². The van der Waals surface area contributed by atoms with E-state index in [-0.39, 0.29) is 24.8 Å². The second-order valence-electron chi connectivity index (χ2n) is 7.23. The van der Waals surface area contributed by atoms with Crippen molar-refractivity contribution in [2.75, 3.05) is 12.3 Å². The Hall–Kier alpha value is -2.01. The molecule has 28 heavy (non-hydrogen) atoms. The lowest BCUT2D eigenvalue weighted by molar-refractivity contribution is 0.179. The minimum atomic E-state index is 0. The lowest BCUT2D eigenvalue weighted by Gasteiger charge is -2.25. The number of benzene rings is 2. The van der Waals surface area contributed by atoms with Gasteiger partial charge in [-0.2, -0.15) is 0 Å². The summed E-state index contributed by atoms with van der Waals surface area (Å²) in [6.07, 6.45) is 3.89. The fourth-order valence-electron chi connectivity index (χ4n) is 3.53. The highest BCUT2D eigenvalue weighted by Gasteiger charge is 2.18. The molecule has 1 aliphatic rings. The van der Waals surface area contributed by atoms with Gasteiger partial charge in [-0.1, -0.05) is 24.6 Å². The third-order valence-corrected chi connectivity index (χ3v) is 5.35. The molecule has 1 aromatic heterocycles. The van der Waals surface area contributed by atoms with E-state index in [4.69, 9.17) is 16.2 Å². The van der Waals surface area contributed by atoms with Crippen molar-refractivity contribution in [3.63, 3.8) is 0 Å². The molecule has 0 radical (unpaired) electrons.